The van der Waals surface area contributed by atoms with Crippen molar-refractivity contribution >= 4 is 12.3 Å². The smallest absolute Gasteiger partial charge is 0.435 e. The molecule has 0 aliphatic carbocycles. The van der Waals surface area contributed by atoms with Gasteiger partial charge in [-0.3, -0.25) is 0 Å². The number of hydrogen-bond donors (Lipinski definition) is 0. The quantitative estimate of drug-likeness (QED) is 0.594. The average molecular weight is 318 g/mol. The summed E-state index contributed by atoms with van der Waals surface area (Å²) in [4.78, 5) is 23.0. The fourth-order valence-electron chi connectivity index (χ4n) is 2.00. The molecule has 0 N–H and O–H groups in total. The third-order valence-corrected chi connectivity index (χ3v) is 3.01. The molecule has 0 bridgehead atoms. The number of carbonyl (C=O) groups is 2. The van der Waals surface area contributed by atoms with Gasteiger partial charge in [-0.2, -0.15) is 0 Å². The third kappa shape index (κ3) is 9.47. The van der Waals surface area contributed by atoms with Crippen LogP contribution >= 0.6 is 0 Å². The Morgan fingerprint density at radius 2 is 1.32 bits per heavy atom. The van der Waals surface area contributed by atoms with Crippen LogP contribution in [0.3, 0.4) is 0 Å². The first kappa shape index (κ1) is 20.5. The van der Waals surface area contributed by atoms with E-state index in [1.807, 2.05) is 27.7 Å². The Hall–Kier alpha value is -1.46. The molecule has 0 saturated heterocycles. The minimum atomic E-state index is -0.694. The molecule has 6 nitrogen and oxygen atoms in total. The van der Waals surface area contributed by atoms with Gasteiger partial charge >= 0.3 is 12.3 Å². The van der Waals surface area contributed by atoms with Crippen LogP contribution in [0, 0.1) is 11.8 Å². The van der Waals surface area contributed by atoms with E-state index in [0.29, 0.717) is 18.8 Å². The molecule has 2 atom stereocenters. The van der Waals surface area contributed by atoms with E-state index in [2.05, 4.69) is 0 Å². The Morgan fingerprint density at radius 3 is 1.73 bits per heavy atom. The zero-order chi connectivity index (χ0) is 17.1. The molecule has 130 valence electrons. The summed E-state index contributed by atoms with van der Waals surface area (Å²) < 4.78 is 20.3. The van der Waals surface area contributed by atoms with E-state index in [4.69, 9.17) is 18.9 Å². The van der Waals surface area contributed by atoms with Crippen LogP contribution in [0.25, 0.3) is 0 Å². The Balaban J connectivity index is 4.73. The highest BCUT2D eigenvalue weighted by Crippen LogP contribution is 2.21. The Morgan fingerprint density at radius 1 is 0.818 bits per heavy atom. The van der Waals surface area contributed by atoms with Crippen molar-refractivity contribution in [2.45, 2.75) is 66.6 Å². The second-order valence-electron chi connectivity index (χ2n) is 5.87. The Kier molecular flexibility index (Phi) is 10.4. The molecule has 0 radical (unpaired) electrons. The summed E-state index contributed by atoms with van der Waals surface area (Å²) >= 11 is 0. The van der Waals surface area contributed by atoms with Gasteiger partial charge in [-0.25, -0.2) is 9.59 Å². The standard InChI is InChI=1S/C16H30O6/c1-7-19-15(17)21-13(9-11(3)4)10-14(12(5)6)22-16(18)20-8-2/h11-14H,7-10H2,1-6H3. The Bertz CT molecular complexity index is 327. The van der Waals surface area contributed by atoms with E-state index in [-0.39, 0.29) is 31.3 Å². The molecular formula is C16H30O6. The molecule has 0 amide bonds. The van der Waals surface area contributed by atoms with Crippen LogP contribution in [0.4, 0.5) is 9.59 Å². The summed E-state index contributed by atoms with van der Waals surface area (Å²) in [6.07, 6.45) is -1.02. The number of rotatable bonds is 9. The maximum atomic E-state index is 11.5. The molecule has 0 saturated carbocycles. The van der Waals surface area contributed by atoms with Crippen molar-refractivity contribution in [2.24, 2.45) is 11.8 Å². The van der Waals surface area contributed by atoms with Crippen molar-refractivity contribution in [1.29, 1.82) is 0 Å². The molecule has 0 fully saturated rings. The normalized spacial score (nSPS) is 13.6. The van der Waals surface area contributed by atoms with E-state index in [1.54, 1.807) is 13.8 Å². The SMILES string of the molecule is CCOC(=O)OC(CC(C)C)CC(OC(=O)OCC)C(C)C. The molecule has 0 aromatic heterocycles. The molecule has 0 aliphatic rings. The largest absolute Gasteiger partial charge is 0.508 e. The monoisotopic (exact) mass is 318 g/mol. The van der Waals surface area contributed by atoms with E-state index >= 15 is 0 Å². The fraction of sp³-hybridized carbons (Fsp3) is 0.875. The van der Waals surface area contributed by atoms with Crippen molar-refractivity contribution < 1.29 is 28.5 Å². The molecule has 0 spiro atoms. The maximum absolute atomic E-state index is 11.5. The van der Waals surface area contributed by atoms with Crippen molar-refractivity contribution in [2.75, 3.05) is 13.2 Å². The summed E-state index contributed by atoms with van der Waals surface area (Å²) in [5.74, 6) is 0.430. The lowest BCUT2D eigenvalue weighted by atomic mass is 9.96. The van der Waals surface area contributed by atoms with E-state index < -0.39 is 12.3 Å². The van der Waals surface area contributed by atoms with Crippen molar-refractivity contribution in [3.63, 3.8) is 0 Å². The van der Waals surface area contributed by atoms with Crippen LogP contribution < -0.4 is 0 Å². The summed E-state index contributed by atoms with van der Waals surface area (Å²) in [5.41, 5.74) is 0. The van der Waals surface area contributed by atoms with Crippen molar-refractivity contribution in [3.05, 3.63) is 0 Å². The Labute approximate surface area is 133 Å². The van der Waals surface area contributed by atoms with Gasteiger partial charge in [0, 0.05) is 6.42 Å². The third-order valence-electron chi connectivity index (χ3n) is 3.01. The van der Waals surface area contributed by atoms with Gasteiger partial charge in [-0.05, 0) is 32.1 Å². The molecule has 0 heterocycles. The predicted octanol–water partition coefficient (Wildman–Crippen LogP) is 4.16. The highest BCUT2D eigenvalue weighted by molar-refractivity contribution is 5.60. The highest BCUT2D eigenvalue weighted by Gasteiger charge is 2.27. The second-order valence-corrected chi connectivity index (χ2v) is 5.87. The molecular weight excluding hydrogens is 288 g/mol. The predicted molar refractivity (Wildman–Crippen MR) is 82.7 cm³/mol. The first-order valence-electron chi connectivity index (χ1n) is 7.96. The lowest BCUT2D eigenvalue weighted by molar-refractivity contribution is -0.0306. The molecule has 0 aromatic carbocycles. The zero-order valence-corrected chi connectivity index (χ0v) is 14.6. The van der Waals surface area contributed by atoms with E-state index in [9.17, 15) is 9.59 Å². The lowest BCUT2D eigenvalue weighted by Crippen LogP contribution is -2.32. The van der Waals surface area contributed by atoms with Gasteiger partial charge < -0.3 is 18.9 Å². The lowest BCUT2D eigenvalue weighted by Gasteiger charge is -2.26. The van der Waals surface area contributed by atoms with E-state index in [1.165, 1.54) is 0 Å². The number of ether oxygens (including phenoxy) is 4. The topological polar surface area (TPSA) is 71.1 Å². The van der Waals surface area contributed by atoms with Gasteiger partial charge in [0.25, 0.3) is 0 Å². The molecule has 22 heavy (non-hydrogen) atoms. The first-order valence-corrected chi connectivity index (χ1v) is 7.96. The second kappa shape index (κ2) is 11.2. The van der Waals surface area contributed by atoms with Crippen LogP contribution in [-0.4, -0.2) is 37.7 Å². The van der Waals surface area contributed by atoms with Gasteiger partial charge in [-0.15, -0.1) is 0 Å². The summed E-state index contributed by atoms with van der Waals surface area (Å²) in [6, 6.07) is 0. The van der Waals surface area contributed by atoms with Gasteiger partial charge in [0.1, 0.15) is 12.2 Å². The van der Waals surface area contributed by atoms with Crippen LogP contribution in [0.5, 0.6) is 0 Å². The van der Waals surface area contributed by atoms with Crippen molar-refractivity contribution in [3.8, 4) is 0 Å². The van der Waals surface area contributed by atoms with Crippen LogP contribution in [0.1, 0.15) is 54.4 Å². The number of carbonyl (C=O) groups excluding carboxylic acids is 2. The fourth-order valence-corrected chi connectivity index (χ4v) is 2.00. The summed E-state index contributed by atoms with van der Waals surface area (Å²) in [5, 5.41) is 0. The first-order chi connectivity index (χ1) is 10.3. The van der Waals surface area contributed by atoms with Gasteiger partial charge in [0.2, 0.25) is 0 Å². The minimum absolute atomic E-state index is 0.0878. The molecule has 0 aromatic rings. The molecule has 2 unspecified atom stereocenters. The van der Waals surface area contributed by atoms with Gasteiger partial charge in [0.05, 0.1) is 13.2 Å². The number of hydrogen-bond acceptors (Lipinski definition) is 6. The van der Waals surface area contributed by atoms with E-state index in [0.717, 1.165) is 0 Å². The van der Waals surface area contributed by atoms with Crippen LogP contribution in [-0.2, 0) is 18.9 Å². The zero-order valence-electron chi connectivity index (χ0n) is 14.6. The molecule has 0 aliphatic heterocycles. The average Bonchev–Trinajstić information content (AvgIpc) is 2.37. The molecule has 0 rings (SSSR count). The van der Waals surface area contributed by atoms with Crippen LogP contribution in [0.2, 0.25) is 0 Å². The maximum Gasteiger partial charge on any atom is 0.508 e. The van der Waals surface area contributed by atoms with Gasteiger partial charge in [-0.1, -0.05) is 27.7 Å². The highest BCUT2D eigenvalue weighted by atomic mass is 16.7. The molecule has 6 heteroatoms. The summed E-state index contributed by atoms with van der Waals surface area (Å²) in [6.45, 7) is 11.9. The summed E-state index contributed by atoms with van der Waals surface area (Å²) in [7, 11) is 0. The minimum Gasteiger partial charge on any atom is -0.435 e. The van der Waals surface area contributed by atoms with Crippen molar-refractivity contribution in [1.82, 2.24) is 0 Å². The van der Waals surface area contributed by atoms with Crippen LogP contribution in [0.15, 0.2) is 0 Å². The van der Waals surface area contributed by atoms with Gasteiger partial charge in [0.15, 0.2) is 0 Å².